The fourth-order valence-electron chi connectivity index (χ4n) is 3.66. The summed E-state index contributed by atoms with van der Waals surface area (Å²) < 4.78 is 0. The summed E-state index contributed by atoms with van der Waals surface area (Å²) in [5.41, 5.74) is 1.87. The Bertz CT molecular complexity index is 954. The standard InChI is InChI=1S/C23H24N4O2S/c28-21(25-18-9-3-1-4-10-18)16-30-23-26-20(14-17-8-7-13-24-15-17)22(29)27(23)19-11-5-2-6-12-19/h2,5-8,11-15,18H,1,3-4,9-10,16H2,(H,25,28)/b20-14+. The average molecular weight is 421 g/mol. The van der Waals surface area contributed by atoms with E-state index in [4.69, 9.17) is 0 Å². The molecule has 2 amide bonds. The third-order valence-electron chi connectivity index (χ3n) is 5.13. The van der Waals surface area contributed by atoms with Gasteiger partial charge in [-0.2, -0.15) is 0 Å². The van der Waals surface area contributed by atoms with Crippen molar-refractivity contribution in [2.24, 2.45) is 4.99 Å². The number of anilines is 1. The summed E-state index contributed by atoms with van der Waals surface area (Å²) in [7, 11) is 0. The molecule has 0 bridgehead atoms. The van der Waals surface area contributed by atoms with Crippen LogP contribution in [0, 0.1) is 0 Å². The van der Waals surface area contributed by atoms with Gasteiger partial charge in [0, 0.05) is 18.4 Å². The summed E-state index contributed by atoms with van der Waals surface area (Å²) >= 11 is 1.29. The fourth-order valence-corrected chi connectivity index (χ4v) is 4.49. The number of thioether (sulfide) groups is 1. The van der Waals surface area contributed by atoms with Crippen molar-refractivity contribution in [3.63, 3.8) is 0 Å². The summed E-state index contributed by atoms with van der Waals surface area (Å²) in [4.78, 5) is 35.8. The molecule has 2 aromatic rings. The Morgan fingerprint density at radius 1 is 1.13 bits per heavy atom. The third kappa shape index (κ3) is 4.97. The third-order valence-corrected chi connectivity index (χ3v) is 6.07. The van der Waals surface area contributed by atoms with Gasteiger partial charge in [0.05, 0.1) is 11.4 Å². The van der Waals surface area contributed by atoms with Crippen molar-refractivity contribution in [1.82, 2.24) is 10.3 Å². The molecule has 0 radical (unpaired) electrons. The first-order valence-electron chi connectivity index (χ1n) is 10.2. The molecule has 0 unspecified atom stereocenters. The van der Waals surface area contributed by atoms with Crippen LogP contribution in [-0.2, 0) is 9.59 Å². The maximum atomic E-state index is 13.1. The summed E-state index contributed by atoms with van der Waals surface area (Å²) in [5, 5.41) is 3.63. The highest BCUT2D eigenvalue weighted by Crippen LogP contribution is 2.29. The number of hydrogen-bond donors (Lipinski definition) is 1. The molecule has 6 nitrogen and oxygen atoms in total. The molecule has 1 aliphatic carbocycles. The van der Waals surface area contributed by atoms with Crippen molar-refractivity contribution < 1.29 is 9.59 Å². The lowest BCUT2D eigenvalue weighted by Gasteiger charge is -2.23. The van der Waals surface area contributed by atoms with Crippen molar-refractivity contribution >= 4 is 40.5 Å². The van der Waals surface area contributed by atoms with Gasteiger partial charge in [-0.25, -0.2) is 4.99 Å². The van der Waals surface area contributed by atoms with E-state index in [0.29, 0.717) is 10.9 Å². The summed E-state index contributed by atoms with van der Waals surface area (Å²) in [6.07, 6.45) is 10.8. The first kappa shape index (κ1) is 20.3. The predicted octanol–water partition coefficient (Wildman–Crippen LogP) is 4.01. The van der Waals surface area contributed by atoms with Crippen molar-refractivity contribution in [3.05, 3.63) is 66.1 Å². The molecule has 7 heteroatoms. The first-order chi connectivity index (χ1) is 14.7. The number of para-hydroxylation sites is 1. The minimum absolute atomic E-state index is 0.0141. The van der Waals surface area contributed by atoms with Crippen LogP contribution in [0.4, 0.5) is 5.69 Å². The molecule has 1 N–H and O–H groups in total. The maximum absolute atomic E-state index is 13.1. The minimum atomic E-state index is -0.208. The fraction of sp³-hybridized carbons (Fsp3) is 0.304. The number of amidine groups is 1. The second-order valence-corrected chi connectivity index (χ2v) is 8.32. The van der Waals surface area contributed by atoms with Crippen LogP contribution in [-0.4, -0.2) is 33.8 Å². The average Bonchev–Trinajstić information content (AvgIpc) is 3.09. The second kappa shape index (κ2) is 9.71. The van der Waals surface area contributed by atoms with Crippen LogP contribution in [0.5, 0.6) is 0 Å². The number of aromatic nitrogens is 1. The lowest BCUT2D eigenvalue weighted by atomic mass is 9.95. The highest BCUT2D eigenvalue weighted by molar-refractivity contribution is 8.14. The number of benzene rings is 1. The smallest absolute Gasteiger partial charge is 0.283 e. The minimum Gasteiger partial charge on any atom is -0.353 e. The Hall–Kier alpha value is -2.93. The van der Waals surface area contributed by atoms with E-state index in [1.807, 2.05) is 42.5 Å². The molecule has 0 atom stereocenters. The molecular formula is C23H24N4O2S. The Morgan fingerprint density at radius 2 is 1.93 bits per heavy atom. The monoisotopic (exact) mass is 420 g/mol. The zero-order chi connectivity index (χ0) is 20.8. The lowest BCUT2D eigenvalue weighted by molar-refractivity contribution is -0.119. The predicted molar refractivity (Wildman–Crippen MR) is 121 cm³/mol. The van der Waals surface area contributed by atoms with E-state index < -0.39 is 0 Å². The van der Waals surface area contributed by atoms with Gasteiger partial charge in [-0.1, -0.05) is 55.3 Å². The van der Waals surface area contributed by atoms with Gasteiger partial charge in [0.1, 0.15) is 5.70 Å². The van der Waals surface area contributed by atoms with E-state index in [2.05, 4.69) is 15.3 Å². The molecular weight excluding hydrogens is 396 g/mol. The molecule has 30 heavy (non-hydrogen) atoms. The van der Waals surface area contributed by atoms with Gasteiger partial charge in [0.15, 0.2) is 5.17 Å². The maximum Gasteiger partial charge on any atom is 0.283 e. The molecule has 2 aliphatic rings. The molecule has 1 fully saturated rings. The van der Waals surface area contributed by atoms with Crippen LogP contribution in [0.1, 0.15) is 37.7 Å². The van der Waals surface area contributed by atoms with Gasteiger partial charge in [-0.3, -0.25) is 19.5 Å². The Morgan fingerprint density at radius 3 is 2.67 bits per heavy atom. The Labute approximate surface area is 180 Å². The van der Waals surface area contributed by atoms with Crippen LogP contribution in [0.15, 0.2) is 65.5 Å². The number of aliphatic imine (C=N–C) groups is 1. The molecule has 4 rings (SSSR count). The van der Waals surface area contributed by atoms with E-state index in [1.165, 1.54) is 31.0 Å². The quantitative estimate of drug-likeness (QED) is 0.742. The number of rotatable bonds is 5. The van der Waals surface area contributed by atoms with E-state index >= 15 is 0 Å². The number of nitrogens with zero attached hydrogens (tertiary/aromatic N) is 3. The number of carbonyl (C=O) groups excluding carboxylic acids is 2. The Kier molecular flexibility index (Phi) is 6.59. The van der Waals surface area contributed by atoms with Gasteiger partial charge >= 0.3 is 0 Å². The molecule has 0 spiro atoms. The van der Waals surface area contributed by atoms with Crippen LogP contribution in [0.25, 0.3) is 6.08 Å². The number of amides is 2. The van der Waals surface area contributed by atoms with E-state index in [1.54, 1.807) is 23.4 Å². The molecule has 1 aromatic carbocycles. The Balaban J connectivity index is 1.51. The highest BCUT2D eigenvalue weighted by atomic mass is 32.2. The number of pyridine rings is 1. The van der Waals surface area contributed by atoms with Crippen LogP contribution in [0.2, 0.25) is 0 Å². The SMILES string of the molecule is O=C(CSC1=N/C(=C/c2cccnc2)C(=O)N1c1ccccc1)NC1CCCCC1. The van der Waals surface area contributed by atoms with Crippen molar-refractivity contribution in [2.45, 2.75) is 38.1 Å². The van der Waals surface area contributed by atoms with Crippen molar-refractivity contribution in [2.75, 3.05) is 10.7 Å². The van der Waals surface area contributed by atoms with E-state index in [9.17, 15) is 9.59 Å². The van der Waals surface area contributed by atoms with Crippen molar-refractivity contribution in [1.29, 1.82) is 0 Å². The van der Waals surface area contributed by atoms with Crippen molar-refractivity contribution in [3.8, 4) is 0 Å². The normalized spacial score (nSPS) is 18.5. The van der Waals surface area contributed by atoms with Gasteiger partial charge in [0.2, 0.25) is 5.91 Å². The first-order valence-corrected chi connectivity index (χ1v) is 11.2. The second-order valence-electron chi connectivity index (χ2n) is 7.38. The summed E-state index contributed by atoms with van der Waals surface area (Å²) in [5.74, 6) is 0.00606. The summed E-state index contributed by atoms with van der Waals surface area (Å²) in [6, 6.07) is 13.3. The van der Waals surface area contributed by atoms with Crippen LogP contribution in [0.3, 0.4) is 0 Å². The largest absolute Gasteiger partial charge is 0.353 e. The number of nitrogens with one attached hydrogen (secondary N) is 1. The molecule has 0 saturated heterocycles. The summed E-state index contributed by atoms with van der Waals surface area (Å²) in [6.45, 7) is 0. The zero-order valence-electron chi connectivity index (χ0n) is 16.7. The molecule has 2 heterocycles. The topological polar surface area (TPSA) is 74.7 Å². The van der Waals surface area contributed by atoms with Crippen LogP contribution < -0.4 is 10.2 Å². The van der Waals surface area contributed by atoms with E-state index in [0.717, 1.165) is 24.1 Å². The molecule has 1 aromatic heterocycles. The zero-order valence-corrected chi connectivity index (χ0v) is 17.5. The van der Waals surface area contributed by atoms with Gasteiger partial charge in [-0.05, 0) is 42.7 Å². The van der Waals surface area contributed by atoms with Gasteiger partial charge in [-0.15, -0.1) is 0 Å². The van der Waals surface area contributed by atoms with Gasteiger partial charge in [0.25, 0.3) is 5.91 Å². The number of hydrogen-bond acceptors (Lipinski definition) is 5. The molecule has 1 aliphatic heterocycles. The number of carbonyl (C=O) groups is 2. The van der Waals surface area contributed by atoms with Gasteiger partial charge < -0.3 is 5.32 Å². The highest BCUT2D eigenvalue weighted by Gasteiger charge is 2.32. The lowest BCUT2D eigenvalue weighted by Crippen LogP contribution is -2.38. The molecule has 154 valence electrons. The van der Waals surface area contributed by atoms with E-state index in [-0.39, 0.29) is 23.6 Å². The molecule has 1 saturated carbocycles. The van der Waals surface area contributed by atoms with Crippen LogP contribution >= 0.6 is 11.8 Å².